The Morgan fingerprint density at radius 3 is 2.82 bits per heavy atom. The lowest BCUT2D eigenvalue weighted by atomic mass is 10.1. The summed E-state index contributed by atoms with van der Waals surface area (Å²) in [4.78, 5) is 18.3. The van der Waals surface area contributed by atoms with E-state index in [9.17, 15) is 4.79 Å². The Morgan fingerprint density at radius 1 is 1.41 bits per heavy atom. The fourth-order valence-electron chi connectivity index (χ4n) is 2.27. The summed E-state index contributed by atoms with van der Waals surface area (Å²) in [5.74, 6) is 2.63. The highest BCUT2D eigenvalue weighted by Gasteiger charge is 2.17. The number of carbonyl (C=O) groups excluding carboxylic acids is 1. The first-order chi connectivity index (χ1) is 10.2. The van der Waals surface area contributed by atoms with E-state index in [1.54, 1.807) is 11.8 Å². The molecule has 0 aliphatic carbocycles. The van der Waals surface area contributed by atoms with E-state index in [2.05, 4.69) is 22.4 Å². The van der Waals surface area contributed by atoms with Crippen LogP contribution < -0.4 is 5.32 Å². The molecule has 0 spiro atoms. The molecular formula is C14H25ClN4O2S. The maximum absolute atomic E-state index is 12.0. The number of nitrogens with zero attached hydrogens (tertiary/aromatic N) is 3. The standard InChI is InChI=1S/C14H24N4O2S.ClH/c1-11(15-2)8-12-16-13(20-17-12)9-21-10-14(19)18-6-4-3-5-7-18;/h11,15H,3-10H2,1-2H3;1H. The molecule has 1 aromatic heterocycles. The molecule has 0 radical (unpaired) electrons. The maximum atomic E-state index is 12.0. The number of rotatable bonds is 7. The van der Waals surface area contributed by atoms with Gasteiger partial charge in [-0.25, -0.2) is 0 Å². The Bertz CT molecular complexity index is 452. The number of halogens is 1. The zero-order valence-corrected chi connectivity index (χ0v) is 14.8. The van der Waals surface area contributed by atoms with Gasteiger partial charge in [0.2, 0.25) is 11.8 Å². The molecule has 1 aliphatic rings. The minimum Gasteiger partial charge on any atom is -0.342 e. The van der Waals surface area contributed by atoms with Crippen molar-refractivity contribution in [3.63, 3.8) is 0 Å². The summed E-state index contributed by atoms with van der Waals surface area (Å²) < 4.78 is 5.20. The van der Waals surface area contributed by atoms with Gasteiger partial charge in [0.25, 0.3) is 0 Å². The molecule has 1 unspecified atom stereocenters. The van der Waals surface area contributed by atoms with Gasteiger partial charge in [-0.05, 0) is 33.2 Å². The van der Waals surface area contributed by atoms with Gasteiger partial charge in [-0.15, -0.1) is 24.2 Å². The van der Waals surface area contributed by atoms with E-state index in [-0.39, 0.29) is 18.3 Å². The lowest BCUT2D eigenvalue weighted by molar-refractivity contribution is -0.129. The van der Waals surface area contributed by atoms with Crippen LogP contribution in [0.3, 0.4) is 0 Å². The van der Waals surface area contributed by atoms with Gasteiger partial charge < -0.3 is 14.7 Å². The number of hydrogen-bond donors (Lipinski definition) is 1. The largest absolute Gasteiger partial charge is 0.342 e. The molecule has 1 aliphatic heterocycles. The Balaban J connectivity index is 0.00000242. The van der Waals surface area contributed by atoms with Crippen molar-refractivity contribution in [1.82, 2.24) is 20.4 Å². The maximum Gasteiger partial charge on any atom is 0.236 e. The van der Waals surface area contributed by atoms with E-state index >= 15 is 0 Å². The van der Waals surface area contributed by atoms with Crippen molar-refractivity contribution in [2.75, 3.05) is 25.9 Å². The molecule has 22 heavy (non-hydrogen) atoms. The van der Waals surface area contributed by atoms with E-state index < -0.39 is 0 Å². The summed E-state index contributed by atoms with van der Waals surface area (Å²) in [6.07, 6.45) is 4.25. The van der Waals surface area contributed by atoms with Crippen LogP contribution in [0.1, 0.15) is 37.9 Å². The smallest absolute Gasteiger partial charge is 0.236 e. The van der Waals surface area contributed by atoms with Crippen molar-refractivity contribution in [1.29, 1.82) is 0 Å². The molecule has 6 nitrogen and oxygen atoms in total. The van der Waals surface area contributed by atoms with Gasteiger partial charge in [-0.1, -0.05) is 5.16 Å². The summed E-state index contributed by atoms with van der Waals surface area (Å²) in [5, 5.41) is 7.10. The molecule has 0 saturated carbocycles. The average Bonchev–Trinajstić information content (AvgIpc) is 2.95. The third-order valence-corrected chi connectivity index (χ3v) is 4.55. The van der Waals surface area contributed by atoms with Crippen LogP contribution in [0.4, 0.5) is 0 Å². The number of piperidine rings is 1. The van der Waals surface area contributed by atoms with Gasteiger partial charge in [0.1, 0.15) is 0 Å². The van der Waals surface area contributed by atoms with Gasteiger partial charge in [0, 0.05) is 25.6 Å². The van der Waals surface area contributed by atoms with Crippen molar-refractivity contribution in [3.8, 4) is 0 Å². The number of thioether (sulfide) groups is 1. The minimum absolute atomic E-state index is 0. The van der Waals surface area contributed by atoms with Crippen LogP contribution in [-0.2, 0) is 17.0 Å². The van der Waals surface area contributed by atoms with Gasteiger partial charge in [0.15, 0.2) is 5.82 Å². The van der Waals surface area contributed by atoms with Crippen molar-refractivity contribution in [2.24, 2.45) is 0 Å². The Morgan fingerprint density at radius 2 is 2.14 bits per heavy atom. The number of carbonyl (C=O) groups is 1. The first-order valence-electron chi connectivity index (χ1n) is 7.53. The van der Waals surface area contributed by atoms with Crippen LogP contribution in [0.25, 0.3) is 0 Å². The first kappa shape index (κ1) is 19.3. The number of hydrogen-bond acceptors (Lipinski definition) is 6. The van der Waals surface area contributed by atoms with Crippen LogP contribution in [0.15, 0.2) is 4.52 Å². The lowest BCUT2D eigenvalue weighted by Crippen LogP contribution is -2.36. The minimum atomic E-state index is 0. The normalized spacial score (nSPS) is 16.2. The number of likely N-dealkylation sites (N-methyl/N-ethyl adjacent to an activating group) is 1. The highest BCUT2D eigenvalue weighted by Crippen LogP contribution is 2.14. The molecule has 1 saturated heterocycles. The zero-order valence-electron chi connectivity index (χ0n) is 13.2. The van der Waals surface area contributed by atoms with Gasteiger partial charge in [0.05, 0.1) is 11.5 Å². The average molecular weight is 349 g/mol. The van der Waals surface area contributed by atoms with Crippen molar-refractivity contribution >= 4 is 30.1 Å². The van der Waals surface area contributed by atoms with E-state index in [0.717, 1.165) is 38.2 Å². The van der Waals surface area contributed by atoms with Crippen molar-refractivity contribution in [3.05, 3.63) is 11.7 Å². The Hall–Kier alpha value is -0.790. The molecule has 1 fully saturated rings. The third kappa shape index (κ3) is 6.14. The van der Waals surface area contributed by atoms with Crippen molar-refractivity contribution in [2.45, 2.75) is 44.4 Å². The quantitative estimate of drug-likeness (QED) is 0.811. The molecule has 1 N–H and O–H groups in total. The van der Waals surface area contributed by atoms with Gasteiger partial charge >= 0.3 is 0 Å². The second-order valence-electron chi connectivity index (χ2n) is 5.43. The summed E-state index contributed by atoms with van der Waals surface area (Å²) in [7, 11) is 1.91. The van der Waals surface area contributed by atoms with E-state index in [0.29, 0.717) is 23.4 Å². The summed E-state index contributed by atoms with van der Waals surface area (Å²) in [6.45, 7) is 3.89. The van der Waals surface area contributed by atoms with Crippen LogP contribution >= 0.6 is 24.2 Å². The SMILES string of the molecule is CNC(C)Cc1noc(CSCC(=O)N2CCCCC2)n1.Cl. The molecule has 1 aromatic rings. The summed E-state index contributed by atoms with van der Waals surface area (Å²) in [6, 6.07) is 0.323. The van der Waals surface area contributed by atoms with Crippen LogP contribution in [0, 0.1) is 0 Å². The summed E-state index contributed by atoms with van der Waals surface area (Å²) >= 11 is 1.54. The number of likely N-dealkylation sites (tertiary alicyclic amines) is 1. The van der Waals surface area contributed by atoms with Gasteiger partial charge in [-0.2, -0.15) is 4.98 Å². The second kappa shape index (κ2) is 10.1. The number of amides is 1. The Labute approximate surface area is 142 Å². The van der Waals surface area contributed by atoms with Crippen LogP contribution in [0.5, 0.6) is 0 Å². The molecule has 2 rings (SSSR count). The van der Waals surface area contributed by atoms with Crippen molar-refractivity contribution < 1.29 is 9.32 Å². The topological polar surface area (TPSA) is 71.3 Å². The fraction of sp³-hybridized carbons (Fsp3) is 0.786. The van der Waals surface area contributed by atoms with Crippen LogP contribution in [0.2, 0.25) is 0 Å². The molecule has 8 heteroatoms. The van der Waals surface area contributed by atoms with Gasteiger partial charge in [-0.3, -0.25) is 4.79 Å². The molecule has 1 atom stereocenters. The predicted octanol–water partition coefficient (Wildman–Crippen LogP) is 1.89. The Kier molecular flexibility index (Phi) is 8.82. The second-order valence-corrected chi connectivity index (χ2v) is 6.42. The lowest BCUT2D eigenvalue weighted by Gasteiger charge is -2.26. The third-order valence-electron chi connectivity index (χ3n) is 3.65. The summed E-state index contributed by atoms with van der Waals surface area (Å²) in [5.41, 5.74) is 0. The van der Waals surface area contributed by atoms with E-state index in [1.807, 2.05) is 11.9 Å². The predicted molar refractivity (Wildman–Crippen MR) is 90.4 cm³/mol. The highest BCUT2D eigenvalue weighted by atomic mass is 35.5. The van der Waals surface area contributed by atoms with Crippen LogP contribution in [-0.4, -0.2) is 52.9 Å². The molecule has 2 heterocycles. The van der Waals surface area contributed by atoms with E-state index in [4.69, 9.17) is 4.52 Å². The highest BCUT2D eigenvalue weighted by molar-refractivity contribution is 7.99. The molecule has 126 valence electrons. The monoisotopic (exact) mass is 348 g/mol. The van der Waals surface area contributed by atoms with E-state index in [1.165, 1.54) is 6.42 Å². The molecule has 0 bridgehead atoms. The fourth-order valence-corrected chi connectivity index (χ4v) is 3.02. The zero-order chi connectivity index (χ0) is 15.1. The molecule has 0 aromatic carbocycles. The molecular weight excluding hydrogens is 324 g/mol. The number of aromatic nitrogens is 2. The number of nitrogens with one attached hydrogen (secondary N) is 1. The molecule has 1 amide bonds. The first-order valence-corrected chi connectivity index (χ1v) is 8.68.